The van der Waals surface area contributed by atoms with E-state index in [-0.39, 0.29) is 0 Å². The number of rotatable bonds is 6. The summed E-state index contributed by atoms with van der Waals surface area (Å²) in [4.78, 5) is 2.41. The smallest absolute Gasteiger partial charge is 0.0317 e. The molecule has 0 amide bonds. The van der Waals surface area contributed by atoms with Gasteiger partial charge in [-0.15, -0.1) is 0 Å². The highest BCUT2D eigenvalue weighted by Gasteiger charge is 2.05. The van der Waals surface area contributed by atoms with E-state index in [0.717, 1.165) is 37.4 Å². The van der Waals surface area contributed by atoms with E-state index in [0.29, 0.717) is 0 Å². The second-order valence-electron chi connectivity index (χ2n) is 5.11. The van der Waals surface area contributed by atoms with Crippen LogP contribution in [0.4, 0.5) is 11.4 Å². The normalized spacial score (nSPS) is 10.9. The van der Waals surface area contributed by atoms with Gasteiger partial charge >= 0.3 is 0 Å². The molecule has 0 unspecified atom stereocenters. The Bertz CT molecular complexity index is 551. The molecular formula is C17H23N3. The number of nitrogens with zero attached hydrogens (tertiary/aromatic N) is 1. The van der Waals surface area contributed by atoms with Crippen LogP contribution in [0.15, 0.2) is 48.5 Å². The maximum atomic E-state index is 5.83. The molecule has 3 heteroatoms. The second-order valence-corrected chi connectivity index (χ2v) is 5.11. The Balaban J connectivity index is 1.92. The molecule has 0 aliphatic rings. The maximum Gasteiger partial charge on any atom is 0.0317 e. The number of hydrogen-bond donors (Lipinski definition) is 2. The van der Waals surface area contributed by atoms with Gasteiger partial charge in [-0.1, -0.05) is 31.2 Å². The van der Waals surface area contributed by atoms with Gasteiger partial charge in [-0.2, -0.15) is 0 Å². The van der Waals surface area contributed by atoms with E-state index in [1.54, 1.807) is 0 Å². The van der Waals surface area contributed by atoms with Crippen LogP contribution in [-0.4, -0.2) is 18.0 Å². The Hall–Kier alpha value is -2.00. The maximum absolute atomic E-state index is 5.83. The Labute approximate surface area is 121 Å². The lowest BCUT2D eigenvalue weighted by Crippen LogP contribution is -2.25. The SMILES string of the molecule is CCN(CCc1cccc(N)c1)Cc1cccc(N)c1. The van der Waals surface area contributed by atoms with Crippen LogP contribution in [0, 0.1) is 0 Å². The van der Waals surface area contributed by atoms with Gasteiger partial charge in [0.1, 0.15) is 0 Å². The van der Waals surface area contributed by atoms with Crippen LogP contribution in [0.2, 0.25) is 0 Å². The van der Waals surface area contributed by atoms with E-state index >= 15 is 0 Å². The number of nitrogen functional groups attached to an aromatic ring is 2. The molecule has 0 radical (unpaired) electrons. The van der Waals surface area contributed by atoms with Crippen molar-refractivity contribution in [1.29, 1.82) is 0 Å². The Morgan fingerprint density at radius 2 is 1.50 bits per heavy atom. The van der Waals surface area contributed by atoms with Crippen LogP contribution in [0.25, 0.3) is 0 Å². The zero-order valence-electron chi connectivity index (χ0n) is 12.0. The van der Waals surface area contributed by atoms with E-state index in [2.05, 4.69) is 24.0 Å². The van der Waals surface area contributed by atoms with Gasteiger partial charge < -0.3 is 11.5 Å². The fourth-order valence-electron chi connectivity index (χ4n) is 2.33. The van der Waals surface area contributed by atoms with Crippen molar-refractivity contribution in [3.8, 4) is 0 Å². The minimum Gasteiger partial charge on any atom is -0.399 e. The van der Waals surface area contributed by atoms with Crippen molar-refractivity contribution in [3.63, 3.8) is 0 Å². The van der Waals surface area contributed by atoms with Crippen molar-refractivity contribution in [1.82, 2.24) is 4.90 Å². The summed E-state index contributed by atoms with van der Waals surface area (Å²) in [5.74, 6) is 0. The van der Waals surface area contributed by atoms with Crippen LogP contribution in [0.5, 0.6) is 0 Å². The molecular weight excluding hydrogens is 246 g/mol. The molecule has 0 saturated carbocycles. The molecule has 0 atom stereocenters. The van der Waals surface area contributed by atoms with Gasteiger partial charge in [0.2, 0.25) is 0 Å². The highest BCUT2D eigenvalue weighted by Crippen LogP contribution is 2.11. The average Bonchev–Trinajstić information content (AvgIpc) is 2.43. The quantitative estimate of drug-likeness (QED) is 0.793. The lowest BCUT2D eigenvalue weighted by molar-refractivity contribution is 0.283. The van der Waals surface area contributed by atoms with Crippen LogP contribution < -0.4 is 11.5 Å². The zero-order chi connectivity index (χ0) is 14.4. The van der Waals surface area contributed by atoms with Gasteiger partial charge in [0, 0.05) is 24.5 Å². The molecule has 4 N–H and O–H groups in total. The second kappa shape index (κ2) is 6.96. The van der Waals surface area contributed by atoms with Gasteiger partial charge in [-0.05, 0) is 48.4 Å². The minimum absolute atomic E-state index is 0.828. The Kier molecular flexibility index (Phi) is 5.02. The summed E-state index contributed by atoms with van der Waals surface area (Å²) in [7, 11) is 0. The number of benzene rings is 2. The minimum atomic E-state index is 0.828. The van der Waals surface area contributed by atoms with Crippen LogP contribution in [0.1, 0.15) is 18.1 Å². The molecule has 0 saturated heterocycles. The van der Waals surface area contributed by atoms with Crippen molar-refractivity contribution in [2.24, 2.45) is 0 Å². The van der Waals surface area contributed by atoms with Gasteiger partial charge in [0.15, 0.2) is 0 Å². The number of likely N-dealkylation sites (N-methyl/N-ethyl adjacent to an activating group) is 1. The highest BCUT2D eigenvalue weighted by molar-refractivity contribution is 5.41. The van der Waals surface area contributed by atoms with Gasteiger partial charge in [0.05, 0.1) is 0 Å². The molecule has 2 aromatic carbocycles. The molecule has 0 bridgehead atoms. The molecule has 20 heavy (non-hydrogen) atoms. The largest absolute Gasteiger partial charge is 0.399 e. The summed E-state index contributed by atoms with van der Waals surface area (Å²) < 4.78 is 0. The van der Waals surface area contributed by atoms with Crippen molar-refractivity contribution < 1.29 is 0 Å². The molecule has 0 aliphatic heterocycles. The summed E-state index contributed by atoms with van der Waals surface area (Å²) in [5.41, 5.74) is 15.8. The monoisotopic (exact) mass is 269 g/mol. The molecule has 0 spiro atoms. The third-order valence-corrected chi connectivity index (χ3v) is 3.47. The number of hydrogen-bond acceptors (Lipinski definition) is 3. The first kappa shape index (κ1) is 14.4. The van der Waals surface area contributed by atoms with Crippen molar-refractivity contribution in [2.45, 2.75) is 19.9 Å². The molecule has 0 fully saturated rings. The molecule has 2 rings (SSSR count). The van der Waals surface area contributed by atoms with Crippen molar-refractivity contribution in [3.05, 3.63) is 59.7 Å². The predicted octanol–water partition coefficient (Wildman–Crippen LogP) is 2.92. The summed E-state index contributed by atoms with van der Waals surface area (Å²) in [6.07, 6.45) is 1.02. The van der Waals surface area contributed by atoms with Gasteiger partial charge in [0.25, 0.3) is 0 Å². The molecule has 106 valence electrons. The fourth-order valence-corrected chi connectivity index (χ4v) is 2.33. The van der Waals surface area contributed by atoms with Crippen molar-refractivity contribution >= 4 is 11.4 Å². The van der Waals surface area contributed by atoms with Crippen LogP contribution in [-0.2, 0) is 13.0 Å². The van der Waals surface area contributed by atoms with Crippen LogP contribution >= 0.6 is 0 Å². The molecule has 0 aromatic heterocycles. The van der Waals surface area contributed by atoms with Gasteiger partial charge in [-0.25, -0.2) is 0 Å². The molecule has 0 heterocycles. The van der Waals surface area contributed by atoms with E-state index in [4.69, 9.17) is 11.5 Å². The van der Waals surface area contributed by atoms with E-state index in [1.807, 2.05) is 36.4 Å². The molecule has 0 aliphatic carbocycles. The average molecular weight is 269 g/mol. The third-order valence-electron chi connectivity index (χ3n) is 3.47. The summed E-state index contributed by atoms with van der Waals surface area (Å²) in [6.45, 7) is 5.17. The lowest BCUT2D eigenvalue weighted by Gasteiger charge is -2.20. The molecule has 2 aromatic rings. The van der Waals surface area contributed by atoms with Crippen molar-refractivity contribution in [2.75, 3.05) is 24.6 Å². The first-order valence-corrected chi connectivity index (χ1v) is 7.08. The standard InChI is InChI=1S/C17H23N3/c1-2-20(13-15-6-4-8-17(19)12-15)10-9-14-5-3-7-16(18)11-14/h3-8,11-12H,2,9-10,13,18-19H2,1H3. The topological polar surface area (TPSA) is 55.3 Å². The Morgan fingerprint density at radius 3 is 2.10 bits per heavy atom. The first-order chi connectivity index (χ1) is 9.67. The summed E-state index contributed by atoms with van der Waals surface area (Å²) in [5, 5.41) is 0. The van der Waals surface area contributed by atoms with Gasteiger partial charge in [-0.3, -0.25) is 4.90 Å². The zero-order valence-corrected chi connectivity index (χ0v) is 12.0. The lowest BCUT2D eigenvalue weighted by atomic mass is 10.1. The predicted molar refractivity (Wildman–Crippen MR) is 86.4 cm³/mol. The first-order valence-electron chi connectivity index (χ1n) is 7.08. The number of nitrogens with two attached hydrogens (primary N) is 2. The van der Waals surface area contributed by atoms with E-state index in [9.17, 15) is 0 Å². The highest BCUT2D eigenvalue weighted by atomic mass is 15.1. The Morgan fingerprint density at radius 1 is 0.900 bits per heavy atom. The summed E-state index contributed by atoms with van der Waals surface area (Å²) in [6, 6.07) is 16.2. The number of anilines is 2. The third kappa shape index (κ3) is 4.28. The van der Waals surface area contributed by atoms with Crippen LogP contribution in [0.3, 0.4) is 0 Å². The fraction of sp³-hybridized carbons (Fsp3) is 0.294. The van der Waals surface area contributed by atoms with E-state index < -0.39 is 0 Å². The molecule has 3 nitrogen and oxygen atoms in total. The van der Waals surface area contributed by atoms with E-state index in [1.165, 1.54) is 11.1 Å². The summed E-state index contributed by atoms with van der Waals surface area (Å²) >= 11 is 0.